The number of oxime groups is 1. The van der Waals surface area contributed by atoms with Gasteiger partial charge in [-0.1, -0.05) is 24.6 Å². The number of ether oxygens (including phenoxy) is 1. The van der Waals surface area contributed by atoms with Crippen molar-refractivity contribution in [3.05, 3.63) is 29.3 Å². The van der Waals surface area contributed by atoms with Crippen molar-refractivity contribution in [2.24, 2.45) is 5.16 Å². The van der Waals surface area contributed by atoms with E-state index in [0.29, 0.717) is 5.25 Å². The molecule has 4 heteroatoms. The molecule has 0 aromatic heterocycles. The minimum absolute atomic E-state index is 0.158. The molecule has 1 fully saturated rings. The SMILES string of the molecule is COc1ccc2c(c1)C1(C)CCCCSC(C2)C1=NO. The zero-order valence-electron chi connectivity index (χ0n) is 12.1. The molecule has 1 saturated heterocycles. The molecule has 1 heterocycles. The highest BCUT2D eigenvalue weighted by Crippen LogP contribution is 2.45. The number of methoxy groups -OCH3 is 1. The van der Waals surface area contributed by atoms with Crippen LogP contribution in [0.2, 0.25) is 0 Å². The fourth-order valence-electron chi connectivity index (χ4n) is 3.55. The lowest BCUT2D eigenvalue weighted by atomic mass is 9.67. The molecular weight excluding hydrogens is 270 g/mol. The summed E-state index contributed by atoms with van der Waals surface area (Å²) in [7, 11) is 1.70. The maximum absolute atomic E-state index is 9.57. The molecule has 2 aliphatic rings. The Morgan fingerprint density at radius 3 is 3.00 bits per heavy atom. The van der Waals surface area contributed by atoms with E-state index in [9.17, 15) is 5.21 Å². The van der Waals surface area contributed by atoms with E-state index in [1.54, 1.807) is 7.11 Å². The Balaban J connectivity index is 2.16. The molecule has 3 rings (SSSR count). The maximum atomic E-state index is 9.57. The molecule has 1 aromatic rings. The van der Waals surface area contributed by atoms with E-state index in [1.807, 2.05) is 17.8 Å². The molecule has 2 bridgehead atoms. The molecule has 2 atom stereocenters. The van der Waals surface area contributed by atoms with Gasteiger partial charge in [0.05, 0.1) is 18.1 Å². The van der Waals surface area contributed by atoms with E-state index in [-0.39, 0.29) is 5.41 Å². The minimum Gasteiger partial charge on any atom is -0.497 e. The van der Waals surface area contributed by atoms with Gasteiger partial charge in [-0.25, -0.2) is 0 Å². The van der Waals surface area contributed by atoms with Crippen LogP contribution in [0.25, 0.3) is 0 Å². The van der Waals surface area contributed by atoms with Gasteiger partial charge in [-0.05, 0) is 48.3 Å². The van der Waals surface area contributed by atoms with Gasteiger partial charge < -0.3 is 9.94 Å². The highest BCUT2D eigenvalue weighted by atomic mass is 32.2. The fourth-order valence-corrected chi connectivity index (χ4v) is 4.96. The number of rotatable bonds is 1. The molecule has 108 valence electrons. The summed E-state index contributed by atoms with van der Waals surface area (Å²) >= 11 is 1.94. The normalized spacial score (nSPS) is 31.3. The van der Waals surface area contributed by atoms with Crippen LogP contribution in [0.1, 0.15) is 37.3 Å². The van der Waals surface area contributed by atoms with Gasteiger partial charge in [0, 0.05) is 5.41 Å². The summed E-state index contributed by atoms with van der Waals surface area (Å²) < 4.78 is 5.38. The first kappa shape index (κ1) is 13.8. The zero-order valence-corrected chi connectivity index (χ0v) is 12.9. The number of benzene rings is 1. The first-order valence-electron chi connectivity index (χ1n) is 7.20. The second-order valence-corrected chi connectivity index (χ2v) is 7.17. The third kappa shape index (κ3) is 2.10. The molecule has 1 aliphatic heterocycles. The van der Waals surface area contributed by atoms with Crippen molar-refractivity contribution in [1.29, 1.82) is 0 Å². The lowest BCUT2D eigenvalue weighted by molar-refractivity contribution is 0.308. The molecule has 1 N–H and O–H groups in total. The number of hydrogen-bond donors (Lipinski definition) is 1. The van der Waals surface area contributed by atoms with Crippen molar-refractivity contribution in [1.82, 2.24) is 0 Å². The van der Waals surface area contributed by atoms with E-state index in [2.05, 4.69) is 24.2 Å². The van der Waals surface area contributed by atoms with Crippen LogP contribution in [0.4, 0.5) is 0 Å². The second kappa shape index (κ2) is 5.32. The Bertz CT molecular complexity index is 543. The summed E-state index contributed by atoms with van der Waals surface area (Å²) in [5.74, 6) is 2.04. The van der Waals surface area contributed by atoms with E-state index in [0.717, 1.165) is 30.1 Å². The van der Waals surface area contributed by atoms with Crippen LogP contribution in [0.15, 0.2) is 23.4 Å². The Labute approximate surface area is 124 Å². The summed E-state index contributed by atoms with van der Waals surface area (Å²) in [4.78, 5) is 0. The summed E-state index contributed by atoms with van der Waals surface area (Å²) in [6, 6.07) is 6.34. The largest absolute Gasteiger partial charge is 0.497 e. The molecule has 1 aromatic carbocycles. The molecule has 0 spiro atoms. The van der Waals surface area contributed by atoms with Crippen molar-refractivity contribution >= 4 is 17.5 Å². The molecular formula is C16H21NO2S. The monoisotopic (exact) mass is 291 g/mol. The highest BCUT2D eigenvalue weighted by molar-refractivity contribution is 8.00. The molecule has 1 aliphatic carbocycles. The van der Waals surface area contributed by atoms with Crippen LogP contribution in [0, 0.1) is 0 Å². The van der Waals surface area contributed by atoms with Gasteiger partial charge in [-0.2, -0.15) is 11.8 Å². The van der Waals surface area contributed by atoms with Gasteiger partial charge in [0.15, 0.2) is 0 Å². The molecule has 20 heavy (non-hydrogen) atoms. The van der Waals surface area contributed by atoms with E-state index < -0.39 is 0 Å². The third-order valence-electron chi connectivity index (χ3n) is 4.68. The van der Waals surface area contributed by atoms with Crippen molar-refractivity contribution in [2.45, 2.75) is 43.3 Å². The predicted octanol–water partition coefficient (Wildman–Crippen LogP) is 3.62. The second-order valence-electron chi connectivity index (χ2n) is 5.86. The van der Waals surface area contributed by atoms with E-state index in [1.165, 1.54) is 24.0 Å². The lowest BCUT2D eigenvalue weighted by Crippen LogP contribution is -2.45. The Morgan fingerprint density at radius 1 is 1.40 bits per heavy atom. The quantitative estimate of drug-likeness (QED) is 0.634. The summed E-state index contributed by atoms with van der Waals surface area (Å²) in [5.41, 5.74) is 3.45. The highest BCUT2D eigenvalue weighted by Gasteiger charge is 2.44. The first-order valence-corrected chi connectivity index (χ1v) is 8.25. The Morgan fingerprint density at radius 2 is 2.25 bits per heavy atom. The minimum atomic E-state index is -0.158. The van der Waals surface area contributed by atoms with E-state index in [4.69, 9.17) is 4.74 Å². The first-order chi connectivity index (χ1) is 9.69. The number of hydrogen-bond acceptors (Lipinski definition) is 4. The van der Waals surface area contributed by atoms with Crippen molar-refractivity contribution in [2.75, 3.05) is 12.9 Å². The van der Waals surface area contributed by atoms with Crippen LogP contribution in [-0.2, 0) is 11.8 Å². The van der Waals surface area contributed by atoms with Crippen LogP contribution in [-0.4, -0.2) is 29.0 Å². The van der Waals surface area contributed by atoms with Crippen LogP contribution in [0.5, 0.6) is 5.75 Å². The van der Waals surface area contributed by atoms with Gasteiger partial charge in [-0.15, -0.1) is 0 Å². The van der Waals surface area contributed by atoms with Crippen LogP contribution < -0.4 is 4.74 Å². The number of nitrogens with zero attached hydrogens (tertiary/aromatic N) is 1. The van der Waals surface area contributed by atoms with Crippen LogP contribution >= 0.6 is 11.8 Å². The number of fused-ring (bicyclic) bond motifs is 4. The van der Waals surface area contributed by atoms with Gasteiger partial charge in [0.2, 0.25) is 0 Å². The smallest absolute Gasteiger partial charge is 0.119 e. The molecule has 3 nitrogen and oxygen atoms in total. The topological polar surface area (TPSA) is 41.8 Å². The summed E-state index contributed by atoms with van der Waals surface area (Å²) in [6.07, 6.45) is 4.42. The molecule has 2 unspecified atom stereocenters. The summed E-state index contributed by atoms with van der Waals surface area (Å²) in [5, 5.41) is 13.6. The third-order valence-corrected chi connectivity index (χ3v) is 6.00. The Kier molecular flexibility index (Phi) is 3.67. The fraction of sp³-hybridized carbons (Fsp3) is 0.562. The van der Waals surface area contributed by atoms with Crippen LogP contribution in [0.3, 0.4) is 0 Å². The van der Waals surface area contributed by atoms with E-state index >= 15 is 0 Å². The molecule has 0 amide bonds. The zero-order chi connectivity index (χ0) is 14.2. The van der Waals surface area contributed by atoms with Gasteiger partial charge in [0.1, 0.15) is 5.75 Å². The lowest BCUT2D eigenvalue weighted by Gasteiger charge is -2.42. The van der Waals surface area contributed by atoms with Gasteiger partial charge in [-0.3, -0.25) is 0 Å². The van der Waals surface area contributed by atoms with Crippen molar-refractivity contribution < 1.29 is 9.94 Å². The molecule has 0 radical (unpaired) electrons. The summed E-state index contributed by atoms with van der Waals surface area (Å²) in [6.45, 7) is 2.22. The standard InChI is InChI=1S/C16H21NO2S/c1-16-7-3-4-8-20-14(15(16)17-18)9-11-5-6-12(19-2)10-13(11)16/h5-6,10,14,18H,3-4,7-9H2,1-2H3. The average Bonchev–Trinajstić information content (AvgIpc) is 2.45. The van der Waals surface area contributed by atoms with Gasteiger partial charge in [0.25, 0.3) is 0 Å². The average molecular weight is 291 g/mol. The number of thioether (sulfide) groups is 1. The molecule has 0 saturated carbocycles. The van der Waals surface area contributed by atoms with Crippen molar-refractivity contribution in [3.63, 3.8) is 0 Å². The predicted molar refractivity (Wildman–Crippen MR) is 83.4 cm³/mol. The Hall–Kier alpha value is -1.16. The van der Waals surface area contributed by atoms with Gasteiger partial charge >= 0.3 is 0 Å². The van der Waals surface area contributed by atoms with Crippen molar-refractivity contribution in [3.8, 4) is 5.75 Å². The maximum Gasteiger partial charge on any atom is 0.119 e.